The molecule has 2 unspecified atom stereocenters. The van der Waals surface area contributed by atoms with Crippen molar-refractivity contribution in [2.75, 3.05) is 25.1 Å². The molecule has 0 N–H and O–H groups in total. The first kappa shape index (κ1) is 12.8. The molecule has 2 atom stereocenters. The Morgan fingerprint density at radius 3 is 3.00 bits per heavy atom. The lowest BCUT2D eigenvalue weighted by Crippen LogP contribution is -2.43. The van der Waals surface area contributed by atoms with Crippen LogP contribution in [-0.2, 0) is 4.74 Å². The number of aldehydes is 1. The Bertz CT molecular complexity index is 410. The van der Waals surface area contributed by atoms with Gasteiger partial charge in [-0.25, -0.2) is 4.98 Å². The molecule has 2 heterocycles. The number of methoxy groups -OCH3 is 1. The number of rotatable bonds is 3. The number of anilines is 1. The zero-order valence-corrected chi connectivity index (χ0v) is 11.4. The van der Waals surface area contributed by atoms with Gasteiger partial charge in [-0.3, -0.25) is 4.79 Å². The normalized spacial score (nSPS) is 25.0. The van der Waals surface area contributed by atoms with Crippen LogP contribution in [-0.4, -0.2) is 37.6 Å². The number of halogens is 1. The number of nitrogens with zero attached hydrogens (tertiary/aromatic N) is 2. The largest absolute Gasteiger partial charge is 0.379 e. The minimum atomic E-state index is 0.214. The van der Waals surface area contributed by atoms with E-state index >= 15 is 0 Å². The van der Waals surface area contributed by atoms with E-state index < -0.39 is 0 Å². The smallest absolute Gasteiger partial charge is 0.187 e. The average molecular weight is 275 g/mol. The fourth-order valence-electron chi connectivity index (χ4n) is 2.02. The molecule has 1 aliphatic heterocycles. The topological polar surface area (TPSA) is 42.4 Å². The van der Waals surface area contributed by atoms with Gasteiger partial charge >= 0.3 is 0 Å². The van der Waals surface area contributed by atoms with Gasteiger partial charge in [0.2, 0.25) is 0 Å². The van der Waals surface area contributed by atoms with Crippen molar-refractivity contribution < 1.29 is 9.53 Å². The van der Waals surface area contributed by atoms with Gasteiger partial charge in [0.25, 0.3) is 0 Å². The molecule has 4 nitrogen and oxygen atoms in total. The summed E-state index contributed by atoms with van der Waals surface area (Å²) in [5.41, 5.74) is 0. The molecule has 1 saturated heterocycles. The number of hydrogen-bond acceptors (Lipinski definition) is 5. The fraction of sp³-hybridized carbons (Fsp3) is 0.636. The third-order valence-corrected chi connectivity index (χ3v) is 4.61. The average Bonchev–Trinajstić information content (AvgIpc) is 2.71. The molecule has 0 aromatic carbocycles. The second-order valence-electron chi connectivity index (χ2n) is 4.26. The Balaban J connectivity index is 2.14. The molecule has 1 aliphatic rings. The van der Waals surface area contributed by atoms with Crippen molar-refractivity contribution in [2.24, 2.45) is 5.92 Å². The monoisotopic (exact) mass is 274 g/mol. The molecule has 0 aliphatic carbocycles. The Hall–Kier alpha value is -0.650. The lowest BCUT2D eigenvalue weighted by Gasteiger charge is -2.35. The molecule has 0 amide bonds. The molecular weight excluding hydrogens is 260 g/mol. The number of carbonyl (C=O) groups is 1. The van der Waals surface area contributed by atoms with Gasteiger partial charge in [0, 0.05) is 20.2 Å². The predicted molar refractivity (Wildman–Crippen MR) is 69.3 cm³/mol. The summed E-state index contributed by atoms with van der Waals surface area (Å²) in [5, 5.41) is 1.11. The summed E-state index contributed by atoms with van der Waals surface area (Å²) in [7, 11) is 1.73. The number of hydrogen-bond donors (Lipinski definition) is 0. The zero-order valence-electron chi connectivity index (χ0n) is 9.85. The van der Waals surface area contributed by atoms with Crippen LogP contribution >= 0.6 is 22.9 Å². The Labute approximate surface area is 110 Å². The standard InChI is InChI=1S/C11H15ClN2O2S/c1-7-3-4-14(5-8(7)16-2)11-13-10(12)9(6-15)17-11/h6-8H,3-5H2,1-2H3. The van der Waals surface area contributed by atoms with Crippen molar-refractivity contribution >= 4 is 34.4 Å². The summed E-state index contributed by atoms with van der Waals surface area (Å²) in [4.78, 5) is 17.6. The van der Waals surface area contributed by atoms with E-state index in [9.17, 15) is 4.79 Å². The molecule has 0 bridgehead atoms. The van der Waals surface area contributed by atoms with Crippen LogP contribution in [0.15, 0.2) is 0 Å². The van der Waals surface area contributed by atoms with E-state index in [1.807, 2.05) is 0 Å². The van der Waals surface area contributed by atoms with Gasteiger partial charge in [-0.2, -0.15) is 0 Å². The van der Waals surface area contributed by atoms with Gasteiger partial charge in [0.1, 0.15) is 4.88 Å². The number of piperidine rings is 1. The van der Waals surface area contributed by atoms with Gasteiger partial charge in [0.15, 0.2) is 16.6 Å². The van der Waals surface area contributed by atoms with E-state index in [4.69, 9.17) is 16.3 Å². The highest BCUT2D eigenvalue weighted by molar-refractivity contribution is 7.17. The third-order valence-electron chi connectivity index (χ3n) is 3.17. The van der Waals surface area contributed by atoms with Crippen LogP contribution in [0.25, 0.3) is 0 Å². The quantitative estimate of drug-likeness (QED) is 0.794. The summed E-state index contributed by atoms with van der Waals surface area (Å²) in [5.74, 6) is 0.553. The predicted octanol–water partition coefficient (Wildman–Crippen LogP) is 2.47. The number of thiazole rings is 1. The number of aromatic nitrogens is 1. The van der Waals surface area contributed by atoms with Crippen LogP contribution in [0.5, 0.6) is 0 Å². The lowest BCUT2D eigenvalue weighted by molar-refractivity contribution is 0.0498. The van der Waals surface area contributed by atoms with Crippen LogP contribution in [0.2, 0.25) is 5.15 Å². The van der Waals surface area contributed by atoms with Gasteiger partial charge in [-0.05, 0) is 12.3 Å². The molecule has 6 heteroatoms. The van der Waals surface area contributed by atoms with E-state index in [1.165, 1.54) is 11.3 Å². The van der Waals surface area contributed by atoms with E-state index in [0.717, 1.165) is 30.9 Å². The van der Waals surface area contributed by atoms with Crippen LogP contribution in [0.1, 0.15) is 23.0 Å². The van der Waals surface area contributed by atoms with Crippen LogP contribution in [0.3, 0.4) is 0 Å². The first-order valence-corrected chi connectivity index (χ1v) is 6.74. The second kappa shape index (κ2) is 5.33. The second-order valence-corrected chi connectivity index (χ2v) is 5.62. The van der Waals surface area contributed by atoms with Crippen LogP contribution in [0.4, 0.5) is 5.13 Å². The summed E-state index contributed by atoms with van der Waals surface area (Å²) in [6.45, 7) is 3.93. The first-order chi connectivity index (χ1) is 8.15. The summed E-state index contributed by atoms with van der Waals surface area (Å²) >= 11 is 7.21. The molecular formula is C11H15ClN2O2S. The molecule has 94 valence electrons. The molecule has 0 spiro atoms. The lowest BCUT2D eigenvalue weighted by atomic mass is 9.96. The molecule has 2 rings (SSSR count). The van der Waals surface area contributed by atoms with Gasteiger partial charge in [-0.1, -0.05) is 29.9 Å². The van der Waals surface area contributed by atoms with Crippen molar-refractivity contribution in [2.45, 2.75) is 19.4 Å². The van der Waals surface area contributed by atoms with Gasteiger partial charge in [0.05, 0.1) is 6.10 Å². The van der Waals surface area contributed by atoms with Gasteiger partial charge < -0.3 is 9.64 Å². The molecule has 0 radical (unpaired) electrons. The maximum Gasteiger partial charge on any atom is 0.187 e. The van der Waals surface area contributed by atoms with Crippen molar-refractivity contribution in [3.8, 4) is 0 Å². The molecule has 1 fully saturated rings. The summed E-state index contributed by atoms with van der Waals surface area (Å²) in [6.07, 6.45) is 2.03. The van der Waals surface area contributed by atoms with Crippen molar-refractivity contribution in [3.63, 3.8) is 0 Å². The minimum absolute atomic E-state index is 0.214. The SMILES string of the molecule is COC1CN(c2nc(Cl)c(C=O)s2)CCC1C. The van der Waals surface area contributed by atoms with E-state index in [1.54, 1.807) is 7.11 Å². The Kier molecular flexibility index (Phi) is 4.01. The van der Waals surface area contributed by atoms with E-state index in [-0.39, 0.29) is 6.10 Å². The maximum atomic E-state index is 10.7. The Morgan fingerprint density at radius 2 is 2.41 bits per heavy atom. The van der Waals surface area contributed by atoms with Crippen LogP contribution in [0, 0.1) is 5.92 Å². The molecule has 0 saturated carbocycles. The Morgan fingerprint density at radius 1 is 1.65 bits per heavy atom. The number of carbonyl (C=O) groups excluding carboxylic acids is 1. The van der Waals surface area contributed by atoms with E-state index in [0.29, 0.717) is 15.9 Å². The van der Waals surface area contributed by atoms with Crippen molar-refractivity contribution in [1.82, 2.24) is 4.98 Å². The van der Waals surface area contributed by atoms with E-state index in [2.05, 4.69) is 16.8 Å². The fourth-order valence-corrected chi connectivity index (χ4v) is 3.12. The highest BCUT2D eigenvalue weighted by atomic mass is 35.5. The van der Waals surface area contributed by atoms with Crippen molar-refractivity contribution in [3.05, 3.63) is 10.0 Å². The number of ether oxygens (including phenoxy) is 1. The summed E-state index contributed by atoms with van der Waals surface area (Å²) in [6, 6.07) is 0. The van der Waals surface area contributed by atoms with Gasteiger partial charge in [-0.15, -0.1) is 0 Å². The minimum Gasteiger partial charge on any atom is -0.379 e. The summed E-state index contributed by atoms with van der Waals surface area (Å²) < 4.78 is 5.45. The van der Waals surface area contributed by atoms with Crippen molar-refractivity contribution in [1.29, 1.82) is 0 Å². The third kappa shape index (κ3) is 2.61. The highest BCUT2D eigenvalue weighted by Gasteiger charge is 2.28. The molecule has 17 heavy (non-hydrogen) atoms. The zero-order chi connectivity index (χ0) is 12.4. The first-order valence-electron chi connectivity index (χ1n) is 5.55. The highest BCUT2D eigenvalue weighted by Crippen LogP contribution is 2.31. The van der Waals surface area contributed by atoms with Crippen LogP contribution < -0.4 is 4.90 Å². The molecule has 1 aromatic heterocycles. The maximum absolute atomic E-state index is 10.7. The molecule has 1 aromatic rings.